The average Bonchev–Trinajstić information content (AvgIpc) is 3.38. The van der Waals surface area contributed by atoms with Crippen LogP contribution in [-0.2, 0) is 9.53 Å². The SMILES string of the molecule is Cc1ccc(C)c2sc(N(CCN3CCOCC3)C(=O)CC(c3ccccc3)c3ccccc3)nc12. The van der Waals surface area contributed by atoms with Gasteiger partial charge in [-0.3, -0.25) is 14.6 Å². The van der Waals surface area contributed by atoms with Crippen LogP contribution in [-0.4, -0.2) is 55.2 Å². The Morgan fingerprint density at radius 1 is 0.944 bits per heavy atom. The number of ether oxygens (including phenoxy) is 1. The Morgan fingerprint density at radius 3 is 2.17 bits per heavy atom. The normalized spacial score (nSPS) is 14.4. The van der Waals surface area contributed by atoms with Crippen molar-refractivity contribution in [3.05, 3.63) is 95.1 Å². The second-order valence-electron chi connectivity index (χ2n) is 9.45. The summed E-state index contributed by atoms with van der Waals surface area (Å²) in [6.07, 6.45) is 0.394. The molecule has 0 bridgehead atoms. The van der Waals surface area contributed by atoms with Crippen LogP contribution in [0, 0.1) is 13.8 Å². The van der Waals surface area contributed by atoms with Crippen LogP contribution in [0.25, 0.3) is 10.2 Å². The zero-order valence-corrected chi connectivity index (χ0v) is 21.8. The average molecular weight is 500 g/mol. The molecule has 0 spiro atoms. The molecule has 36 heavy (non-hydrogen) atoms. The van der Waals surface area contributed by atoms with E-state index in [0.717, 1.165) is 64.9 Å². The van der Waals surface area contributed by atoms with Crippen LogP contribution in [0.3, 0.4) is 0 Å². The maximum Gasteiger partial charge on any atom is 0.229 e. The molecule has 0 aliphatic carbocycles. The van der Waals surface area contributed by atoms with Gasteiger partial charge >= 0.3 is 0 Å². The van der Waals surface area contributed by atoms with Gasteiger partial charge in [0.25, 0.3) is 0 Å². The molecule has 186 valence electrons. The first-order valence-corrected chi connectivity index (χ1v) is 13.5. The van der Waals surface area contributed by atoms with E-state index in [1.807, 2.05) is 41.3 Å². The molecule has 1 amide bonds. The molecule has 0 saturated carbocycles. The predicted octanol–water partition coefficient (Wildman–Crippen LogP) is 5.80. The van der Waals surface area contributed by atoms with E-state index in [0.29, 0.717) is 13.0 Å². The van der Waals surface area contributed by atoms with Crippen LogP contribution in [0.4, 0.5) is 5.13 Å². The molecule has 5 nitrogen and oxygen atoms in total. The van der Waals surface area contributed by atoms with Crippen molar-refractivity contribution in [2.24, 2.45) is 0 Å². The minimum Gasteiger partial charge on any atom is -0.379 e. The summed E-state index contributed by atoms with van der Waals surface area (Å²) in [5.74, 6) is 0.0963. The number of nitrogens with zero attached hydrogens (tertiary/aromatic N) is 3. The van der Waals surface area contributed by atoms with E-state index in [9.17, 15) is 4.79 Å². The van der Waals surface area contributed by atoms with Gasteiger partial charge in [-0.2, -0.15) is 0 Å². The quantitative estimate of drug-likeness (QED) is 0.307. The van der Waals surface area contributed by atoms with E-state index >= 15 is 0 Å². The first kappa shape index (κ1) is 24.6. The highest BCUT2D eigenvalue weighted by Crippen LogP contribution is 2.35. The van der Waals surface area contributed by atoms with Gasteiger partial charge in [-0.05, 0) is 36.1 Å². The standard InChI is InChI=1S/C30H33N3O2S/c1-22-13-14-23(2)29-28(22)31-30(36-29)33(16-15-32-17-19-35-20-18-32)27(34)21-26(24-9-5-3-6-10-24)25-11-7-4-8-12-25/h3-14,26H,15-21H2,1-2H3. The van der Waals surface area contributed by atoms with Gasteiger partial charge in [0.1, 0.15) is 0 Å². The van der Waals surface area contributed by atoms with Gasteiger partial charge in [0.15, 0.2) is 5.13 Å². The van der Waals surface area contributed by atoms with Gasteiger partial charge in [0.2, 0.25) is 5.91 Å². The molecule has 0 unspecified atom stereocenters. The minimum absolute atomic E-state index is 0.0105. The minimum atomic E-state index is -0.0105. The van der Waals surface area contributed by atoms with Crippen molar-refractivity contribution in [3.8, 4) is 0 Å². The van der Waals surface area contributed by atoms with Crippen LogP contribution in [0.2, 0.25) is 0 Å². The molecule has 3 aromatic carbocycles. The molecule has 0 N–H and O–H groups in total. The number of carbonyl (C=O) groups excluding carboxylic acids is 1. The lowest BCUT2D eigenvalue weighted by molar-refractivity contribution is -0.118. The van der Waals surface area contributed by atoms with Crippen molar-refractivity contribution in [2.45, 2.75) is 26.2 Å². The molecule has 1 fully saturated rings. The maximum atomic E-state index is 14.1. The van der Waals surface area contributed by atoms with Gasteiger partial charge in [0, 0.05) is 38.5 Å². The lowest BCUT2D eigenvalue weighted by Crippen LogP contribution is -2.43. The number of anilines is 1. The van der Waals surface area contributed by atoms with Crippen molar-refractivity contribution < 1.29 is 9.53 Å². The third kappa shape index (κ3) is 5.51. The Balaban J connectivity index is 1.47. The van der Waals surface area contributed by atoms with Gasteiger partial charge in [-0.1, -0.05) is 84.1 Å². The molecular weight excluding hydrogens is 466 g/mol. The number of hydrogen-bond acceptors (Lipinski definition) is 5. The zero-order valence-electron chi connectivity index (χ0n) is 21.0. The lowest BCUT2D eigenvalue weighted by Gasteiger charge is -2.30. The monoisotopic (exact) mass is 499 g/mol. The Morgan fingerprint density at radius 2 is 1.56 bits per heavy atom. The second-order valence-corrected chi connectivity index (χ2v) is 10.4. The molecule has 5 rings (SSSR count). The van der Waals surface area contributed by atoms with E-state index in [1.54, 1.807) is 11.3 Å². The number of rotatable bonds is 8. The fraction of sp³-hybridized carbons (Fsp3) is 0.333. The highest BCUT2D eigenvalue weighted by Gasteiger charge is 2.26. The van der Waals surface area contributed by atoms with Crippen molar-refractivity contribution in [2.75, 3.05) is 44.3 Å². The molecule has 1 aliphatic rings. The van der Waals surface area contributed by atoms with Crippen LogP contribution in [0.15, 0.2) is 72.8 Å². The smallest absolute Gasteiger partial charge is 0.229 e. The van der Waals surface area contributed by atoms with Gasteiger partial charge in [-0.15, -0.1) is 0 Å². The molecule has 4 aromatic rings. The number of fused-ring (bicyclic) bond motifs is 1. The fourth-order valence-electron chi connectivity index (χ4n) is 4.84. The van der Waals surface area contributed by atoms with E-state index in [-0.39, 0.29) is 11.8 Å². The van der Waals surface area contributed by atoms with Crippen molar-refractivity contribution in [1.82, 2.24) is 9.88 Å². The Labute approximate surface area is 217 Å². The number of hydrogen-bond donors (Lipinski definition) is 0. The van der Waals surface area contributed by atoms with Crippen LogP contribution in [0.1, 0.15) is 34.6 Å². The van der Waals surface area contributed by atoms with Crippen molar-refractivity contribution >= 4 is 32.6 Å². The summed E-state index contributed by atoms with van der Waals surface area (Å²) in [5, 5.41) is 0.792. The largest absolute Gasteiger partial charge is 0.379 e. The molecule has 2 heterocycles. The molecular formula is C30H33N3O2S. The third-order valence-electron chi connectivity index (χ3n) is 6.99. The molecule has 1 aliphatic heterocycles. The number of carbonyl (C=O) groups is 1. The first-order chi connectivity index (χ1) is 17.6. The summed E-state index contributed by atoms with van der Waals surface area (Å²) < 4.78 is 6.69. The van der Waals surface area contributed by atoms with Gasteiger partial charge in [-0.25, -0.2) is 4.98 Å². The predicted molar refractivity (Wildman–Crippen MR) is 148 cm³/mol. The summed E-state index contributed by atoms with van der Waals surface area (Å²) in [4.78, 5) is 23.4. The lowest BCUT2D eigenvalue weighted by atomic mass is 9.88. The van der Waals surface area contributed by atoms with E-state index < -0.39 is 0 Å². The fourth-order valence-corrected chi connectivity index (χ4v) is 6.00. The van der Waals surface area contributed by atoms with Gasteiger partial charge in [0.05, 0.1) is 23.4 Å². The van der Waals surface area contributed by atoms with Gasteiger partial charge < -0.3 is 4.74 Å². The zero-order chi connectivity index (χ0) is 24.9. The summed E-state index contributed by atoms with van der Waals surface area (Å²) in [5.41, 5.74) is 5.65. The number of morpholine rings is 1. The Bertz CT molecular complexity index is 1220. The molecule has 0 atom stereocenters. The Hall–Kier alpha value is -3.06. The summed E-state index contributed by atoms with van der Waals surface area (Å²) in [6, 6.07) is 25.0. The highest BCUT2D eigenvalue weighted by atomic mass is 32.1. The number of amides is 1. The first-order valence-electron chi connectivity index (χ1n) is 12.7. The van der Waals surface area contributed by atoms with Crippen LogP contribution >= 0.6 is 11.3 Å². The summed E-state index contributed by atoms with van der Waals surface area (Å²) >= 11 is 1.63. The highest BCUT2D eigenvalue weighted by molar-refractivity contribution is 7.22. The molecule has 1 aromatic heterocycles. The topological polar surface area (TPSA) is 45.7 Å². The third-order valence-corrected chi connectivity index (χ3v) is 8.20. The van der Waals surface area contributed by atoms with E-state index in [2.05, 4.69) is 55.1 Å². The second kappa shape index (κ2) is 11.3. The summed E-state index contributed by atoms with van der Waals surface area (Å²) in [6.45, 7) is 8.93. The van der Waals surface area contributed by atoms with Crippen LogP contribution in [0.5, 0.6) is 0 Å². The molecule has 1 saturated heterocycles. The summed E-state index contributed by atoms with van der Waals surface area (Å²) in [7, 11) is 0. The maximum absolute atomic E-state index is 14.1. The van der Waals surface area contributed by atoms with E-state index in [4.69, 9.17) is 9.72 Å². The molecule has 0 radical (unpaired) electrons. The molecule has 6 heteroatoms. The van der Waals surface area contributed by atoms with Crippen molar-refractivity contribution in [1.29, 1.82) is 0 Å². The Kier molecular flexibility index (Phi) is 7.75. The van der Waals surface area contributed by atoms with Crippen molar-refractivity contribution in [3.63, 3.8) is 0 Å². The van der Waals surface area contributed by atoms with Crippen LogP contribution < -0.4 is 4.90 Å². The van der Waals surface area contributed by atoms with E-state index in [1.165, 1.54) is 5.56 Å². The number of thiazole rings is 1. The number of aryl methyl sites for hydroxylation is 2. The number of aromatic nitrogens is 1. The number of benzene rings is 3.